The Bertz CT molecular complexity index is 719. The predicted molar refractivity (Wildman–Crippen MR) is 88.6 cm³/mol. The van der Waals surface area contributed by atoms with E-state index in [0.717, 1.165) is 0 Å². The number of hydrogen-bond donors (Lipinski definition) is 1. The Morgan fingerprint density at radius 1 is 1.38 bits per heavy atom. The van der Waals surface area contributed by atoms with E-state index in [4.69, 9.17) is 0 Å². The van der Waals surface area contributed by atoms with E-state index in [9.17, 15) is 9.18 Å². The highest BCUT2D eigenvalue weighted by atomic mass is 19.1. The number of amides is 1. The maximum absolute atomic E-state index is 13.0. The van der Waals surface area contributed by atoms with E-state index in [0.29, 0.717) is 30.0 Å². The number of nitrogens with zero attached hydrogens (tertiary/aromatic N) is 4. The molecule has 0 radical (unpaired) electrons. The van der Waals surface area contributed by atoms with E-state index in [2.05, 4.69) is 20.3 Å². The Morgan fingerprint density at radius 2 is 2.04 bits per heavy atom. The van der Waals surface area contributed by atoms with E-state index < -0.39 is 0 Å². The molecule has 24 heavy (non-hydrogen) atoms. The van der Waals surface area contributed by atoms with Gasteiger partial charge in [-0.3, -0.25) is 4.79 Å². The highest BCUT2D eigenvalue weighted by Gasteiger charge is 2.33. The molecular formula is C17H22FN5O. The minimum absolute atomic E-state index is 0.130. The van der Waals surface area contributed by atoms with Crippen molar-refractivity contribution >= 4 is 5.91 Å². The number of aryl methyl sites for hydroxylation is 1. The summed E-state index contributed by atoms with van der Waals surface area (Å²) in [6.45, 7) is 2.35. The van der Waals surface area contributed by atoms with Crippen molar-refractivity contribution in [2.75, 3.05) is 20.6 Å². The number of carbonyl (C=O) groups is 1. The third-order valence-corrected chi connectivity index (χ3v) is 4.34. The van der Waals surface area contributed by atoms with Crippen LogP contribution in [0.4, 0.5) is 4.39 Å². The summed E-state index contributed by atoms with van der Waals surface area (Å²) in [6, 6.07) is 6.26. The second-order valence-electron chi connectivity index (χ2n) is 6.45. The summed E-state index contributed by atoms with van der Waals surface area (Å²) in [5.74, 6) is 0.769. The van der Waals surface area contributed by atoms with Crippen molar-refractivity contribution < 1.29 is 9.18 Å². The second-order valence-corrected chi connectivity index (χ2v) is 6.45. The maximum atomic E-state index is 13.0. The van der Waals surface area contributed by atoms with E-state index in [1.54, 1.807) is 23.7 Å². The highest BCUT2D eigenvalue weighted by molar-refractivity contribution is 5.90. The zero-order valence-corrected chi connectivity index (χ0v) is 14.2. The van der Waals surface area contributed by atoms with Gasteiger partial charge in [0.2, 0.25) is 5.82 Å². The molecule has 1 amide bonds. The van der Waals surface area contributed by atoms with Gasteiger partial charge in [0, 0.05) is 12.6 Å². The first-order valence-electron chi connectivity index (χ1n) is 8.10. The summed E-state index contributed by atoms with van der Waals surface area (Å²) >= 11 is 0. The quantitative estimate of drug-likeness (QED) is 0.876. The molecule has 1 aromatic carbocycles. The van der Waals surface area contributed by atoms with Crippen LogP contribution in [0.3, 0.4) is 0 Å². The lowest BCUT2D eigenvalue weighted by atomic mass is 10.1. The van der Waals surface area contributed by atoms with Gasteiger partial charge in [0.15, 0.2) is 0 Å². The van der Waals surface area contributed by atoms with Gasteiger partial charge in [-0.1, -0.05) is 0 Å². The number of halogens is 1. The molecule has 0 spiro atoms. The molecule has 1 aromatic heterocycles. The van der Waals surface area contributed by atoms with Gasteiger partial charge < -0.3 is 10.2 Å². The largest absolute Gasteiger partial charge is 0.348 e. The van der Waals surface area contributed by atoms with Gasteiger partial charge in [-0.25, -0.2) is 14.1 Å². The van der Waals surface area contributed by atoms with Gasteiger partial charge in [-0.05, 0) is 64.0 Å². The van der Waals surface area contributed by atoms with Crippen LogP contribution >= 0.6 is 0 Å². The number of carbonyl (C=O) groups excluding carboxylic acids is 1. The number of nitrogens with one attached hydrogen (secondary N) is 1. The van der Waals surface area contributed by atoms with Gasteiger partial charge in [0.05, 0.1) is 5.69 Å². The zero-order valence-electron chi connectivity index (χ0n) is 14.2. The number of hydrogen-bond acceptors (Lipinski definition) is 4. The lowest BCUT2D eigenvalue weighted by molar-refractivity contribution is 0.0928. The number of likely N-dealkylation sites (N-methyl/N-ethyl adjacent to an activating group) is 1. The van der Waals surface area contributed by atoms with Crippen LogP contribution in [0.1, 0.15) is 29.3 Å². The van der Waals surface area contributed by atoms with Gasteiger partial charge in [0.25, 0.3) is 5.91 Å². The van der Waals surface area contributed by atoms with Crippen molar-refractivity contribution in [1.29, 1.82) is 0 Å². The Balaban J connectivity index is 1.69. The molecular weight excluding hydrogens is 309 g/mol. The maximum Gasteiger partial charge on any atom is 0.291 e. The molecule has 0 bridgehead atoms. The van der Waals surface area contributed by atoms with Crippen molar-refractivity contribution in [3.05, 3.63) is 41.7 Å². The minimum Gasteiger partial charge on any atom is -0.348 e. The van der Waals surface area contributed by atoms with E-state index in [-0.39, 0.29) is 17.5 Å². The first kappa shape index (κ1) is 16.6. The lowest BCUT2D eigenvalue weighted by Crippen LogP contribution is -2.41. The summed E-state index contributed by atoms with van der Waals surface area (Å²) in [7, 11) is 4.06. The first-order valence-corrected chi connectivity index (χ1v) is 8.10. The molecule has 0 unspecified atom stereocenters. The van der Waals surface area contributed by atoms with Crippen molar-refractivity contribution in [3.63, 3.8) is 0 Å². The smallest absolute Gasteiger partial charge is 0.291 e. The number of aromatic nitrogens is 3. The molecule has 1 fully saturated rings. The molecule has 1 saturated carbocycles. The highest BCUT2D eigenvalue weighted by Crippen LogP contribution is 2.34. The normalized spacial score (nSPS) is 15.5. The molecule has 1 N–H and O–H groups in total. The molecule has 2 aromatic rings. The van der Waals surface area contributed by atoms with Crippen LogP contribution in [0.25, 0.3) is 5.69 Å². The van der Waals surface area contributed by atoms with Crippen LogP contribution in [0.5, 0.6) is 0 Å². The Morgan fingerprint density at radius 3 is 2.62 bits per heavy atom. The van der Waals surface area contributed by atoms with E-state index in [1.807, 2.05) is 14.1 Å². The summed E-state index contributed by atoms with van der Waals surface area (Å²) in [6.07, 6.45) is 2.44. The van der Waals surface area contributed by atoms with Gasteiger partial charge >= 0.3 is 0 Å². The topological polar surface area (TPSA) is 63.1 Å². The van der Waals surface area contributed by atoms with E-state index in [1.165, 1.54) is 25.0 Å². The third-order valence-electron chi connectivity index (χ3n) is 4.34. The Labute approximate surface area is 140 Å². The SMILES string of the molecule is Cc1nc(C(=O)NC[C@H](C2CC2)N(C)C)nn1-c1ccc(F)cc1. The predicted octanol–water partition coefficient (Wildman–Crippen LogP) is 1.78. The number of benzene rings is 1. The average molecular weight is 331 g/mol. The summed E-state index contributed by atoms with van der Waals surface area (Å²) in [5.41, 5.74) is 0.671. The summed E-state index contributed by atoms with van der Waals surface area (Å²) in [4.78, 5) is 18.7. The van der Waals surface area contributed by atoms with Crippen molar-refractivity contribution in [2.45, 2.75) is 25.8 Å². The van der Waals surface area contributed by atoms with Gasteiger partial charge in [-0.15, -0.1) is 5.10 Å². The monoisotopic (exact) mass is 331 g/mol. The molecule has 0 saturated heterocycles. The van der Waals surface area contributed by atoms with Crippen LogP contribution in [0.2, 0.25) is 0 Å². The molecule has 1 atom stereocenters. The summed E-state index contributed by atoms with van der Waals surface area (Å²) in [5, 5.41) is 7.17. The van der Waals surface area contributed by atoms with Crippen molar-refractivity contribution in [3.8, 4) is 5.69 Å². The summed E-state index contributed by atoms with van der Waals surface area (Å²) < 4.78 is 14.6. The van der Waals surface area contributed by atoms with Crippen molar-refractivity contribution in [1.82, 2.24) is 25.0 Å². The van der Waals surface area contributed by atoms with Crippen LogP contribution < -0.4 is 5.32 Å². The molecule has 7 heteroatoms. The molecule has 6 nitrogen and oxygen atoms in total. The Hall–Kier alpha value is -2.28. The standard InChI is InChI=1S/C17H22FN5O/c1-11-20-16(21-23(11)14-8-6-13(18)7-9-14)17(24)19-10-15(22(2)3)12-4-5-12/h6-9,12,15H,4-5,10H2,1-3H3,(H,19,24)/t15-/m1/s1. The van der Waals surface area contributed by atoms with E-state index >= 15 is 0 Å². The van der Waals surface area contributed by atoms with Crippen LogP contribution in [0, 0.1) is 18.7 Å². The Kier molecular flexibility index (Phi) is 4.62. The van der Waals surface area contributed by atoms with Gasteiger partial charge in [-0.2, -0.15) is 0 Å². The molecule has 128 valence electrons. The van der Waals surface area contributed by atoms with Crippen molar-refractivity contribution in [2.24, 2.45) is 5.92 Å². The third kappa shape index (κ3) is 3.62. The molecule has 3 rings (SSSR count). The fraction of sp³-hybridized carbons (Fsp3) is 0.471. The first-order chi connectivity index (χ1) is 11.5. The fourth-order valence-electron chi connectivity index (χ4n) is 2.84. The minimum atomic E-state index is -0.315. The van der Waals surface area contributed by atoms with Crippen LogP contribution in [-0.2, 0) is 0 Å². The average Bonchev–Trinajstić information content (AvgIpc) is 3.30. The molecule has 1 heterocycles. The zero-order chi connectivity index (χ0) is 17.3. The van der Waals surface area contributed by atoms with Gasteiger partial charge in [0.1, 0.15) is 11.6 Å². The van der Waals surface area contributed by atoms with Crippen LogP contribution in [0.15, 0.2) is 24.3 Å². The fourth-order valence-corrected chi connectivity index (χ4v) is 2.84. The van der Waals surface area contributed by atoms with Crippen LogP contribution in [-0.4, -0.2) is 52.3 Å². The number of rotatable bonds is 6. The lowest BCUT2D eigenvalue weighted by Gasteiger charge is -2.24. The molecule has 1 aliphatic rings. The molecule has 0 aliphatic heterocycles. The molecule has 1 aliphatic carbocycles. The second kappa shape index (κ2) is 6.68.